The molecular weight excluding hydrogens is 314 g/mol. The van der Waals surface area contributed by atoms with Crippen LogP contribution < -0.4 is 5.14 Å². The Kier molecular flexibility index (Phi) is 4.74. The molecule has 1 fully saturated rings. The summed E-state index contributed by atoms with van der Waals surface area (Å²) in [5.41, 5.74) is 0.944. The number of likely N-dealkylation sites (tertiary alicyclic amines) is 1. The minimum atomic E-state index is -3.48. The van der Waals surface area contributed by atoms with Crippen molar-refractivity contribution in [2.75, 3.05) is 12.3 Å². The molecule has 1 aliphatic rings. The monoisotopic (exact) mass is 335 g/mol. The summed E-state index contributed by atoms with van der Waals surface area (Å²) >= 11 is 0. The van der Waals surface area contributed by atoms with Crippen LogP contribution >= 0.6 is 0 Å². The maximum absolute atomic E-state index is 11.5. The van der Waals surface area contributed by atoms with Crippen LogP contribution in [-0.4, -0.2) is 46.4 Å². The van der Waals surface area contributed by atoms with Crippen molar-refractivity contribution >= 4 is 10.0 Å². The van der Waals surface area contributed by atoms with Crippen LogP contribution in [0.2, 0.25) is 0 Å². The largest absolute Gasteiger partial charge is 0.292 e. The van der Waals surface area contributed by atoms with Crippen LogP contribution in [0.25, 0.3) is 5.69 Å². The third-order valence-corrected chi connectivity index (χ3v) is 4.99. The van der Waals surface area contributed by atoms with Gasteiger partial charge in [-0.05, 0) is 31.5 Å². The van der Waals surface area contributed by atoms with Crippen molar-refractivity contribution in [2.45, 2.75) is 31.8 Å². The number of para-hydroxylation sites is 1. The van der Waals surface area contributed by atoms with Crippen LogP contribution in [0.15, 0.2) is 36.7 Å². The fraction of sp³-hybridized carbons (Fsp3) is 0.467. The smallest absolute Gasteiger partial charge is 0.210 e. The summed E-state index contributed by atoms with van der Waals surface area (Å²) in [7, 11) is -3.48. The first-order valence-corrected chi connectivity index (χ1v) is 9.43. The molecule has 23 heavy (non-hydrogen) atoms. The summed E-state index contributed by atoms with van der Waals surface area (Å²) in [6, 6.07) is 9.73. The highest BCUT2D eigenvalue weighted by atomic mass is 32.2. The van der Waals surface area contributed by atoms with E-state index in [1.54, 1.807) is 4.68 Å². The molecule has 2 heterocycles. The van der Waals surface area contributed by atoms with Crippen LogP contribution in [0.3, 0.4) is 0 Å². The van der Waals surface area contributed by atoms with Crippen molar-refractivity contribution < 1.29 is 8.42 Å². The molecule has 8 heteroatoms. The zero-order valence-corrected chi connectivity index (χ0v) is 13.7. The number of piperidine rings is 1. The van der Waals surface area contributed by atoms with E-state index in [1.165, 1.54) is 6.33 Å². The molecule has 0 amide bonds. The molecule has 1 saturated heterocycles. The fourth-order valence-electron chi connectivity index (χ4n) is 3.06. The van der Waals surface area contributed by atoms with Gasteiger partial charge in [0.05, 0.1) is 18.0 Å². The van der Waals surface area contributed by atoms with Gasteiger partial charge in [-0.1, -0.05) is 24.6 Å². The molecule has 1 aliphatic heterocycles. The van der Waals surface area contributed by atoms with E-state index < -0.39 is 10.0 Å². The highest BCUT2D eigenvalue weighted by molar-refractivity contribution is 7.89. The lowest BCUT2D eigenvalue weighted by atomic mass is 10.0. The van der Waals surface area contributed by atoms with Crippen molar-refractivity contribution in [1.82, 2.24) is 19.7 Å². The molecule has 1 aromatic carbocycles. The van der Waals surface area contributed by atoms with Gasteiger partial charge in [-0.3, -0.25) is 4.90 Å². The van der Waals surface area contributed by atoms with Gasteiger partial charge in [0.1, 0.15) is 12.2 Å². The molecule has 2 N–H and O–H groups in total. The first kappa shape index (κ1) is 16.1. The van der Waals surface area contributed by atoms with Crippen LogP contribution in [0.1, 0.15) is 25.1 Å². The summed E-state index contributed by atoms with van der Waals surface area (Å²) in [6.45, 7) is 1.41. The van der Waals surface area contributed by atoms with Crippen LogP contribution in [0.4, 0.5) is 0 Å². The van der Waals surface area contributed by atoms with Crippen molar-refractivity contribution in [3.05, 3.63) is 42.5 Å². The summed E-state index contributed by atoms with van der Waals surface area (Å²) < 4.78 is 24.7. The Morgan fingerprint density at radius 2 is 2.00 bits per heavy atom. The Labute approximate surface area is 136 Å². The van der Waals surface area contributed by atoms with Gasteiger partial charge in [-0.25, -0.2) is 23.2 Å². The Bertz CT molecular complexity index is 744. The number of nitrogens with two attached hydrogens (primary N) is 1. The molecule has 1 aromatic heterocycles. The van der Waals surface area contributed by atoms with Gasteiger partial charge in [0.25, 0.3) is 0 Å². The minimum Gasteiger partial charge on any atom is -0.292 e. The second kappa shape index (κ2) is 6.77. The number of nitrogens with zero attached hydrogens (tertiary/aromatic N) is 4. The van der Waals surface area contributed by atoms with E-state index >= 15 is 0 Å². The molecule has 0 saturated carbocycles. The predicted octanol–water partition coefficient (Wildman–Crippen LogP) is 0.910. The molecule has 0 spiro atoms. The summed E-state index contributed by atoms with van der Waals surface area (Å²) in [6.07, 6.45) is 4.46. The number of sulfonamides is 1. The van der Waals surface area contributed by atoms with Crippen LogP contribution in [0.5, 0.6) is 0 Å². The van der Waals surface area contributed by atoms with E-state index in [0.29, 0.717) is 6.54 Å². The standard InChI is InChI=1S/C15H21N5O2S/c16-23(21,22)11-14-8-4-5-9-19(14)10-15-17-12-18-20(15)13-6-2-1-3-7-13/h1-3,6-7,12,14H,4-5,8-11H2,(H2,16,21,22). The van der Waals surface area contributed by atoms with Gasteiger partial charge < -0.3 is 0 Å². The van der Waals surface area contributed by atoms with Gasteiger partial charge in [0.2, 0.25) is 10.0 Å². The molecule has 7 nitrogen and oxygen atoms in total. The van der Waals surface area contributed by atoms with E-state index in [4.69, 9.17) is 5.14 Å². The van der Waals surface area contributed by atoms with Gasteiger partial charge >= 0.3 is 0 Å². The summed E-state index contributed by atoms with van der Waals surface area (Å²) in [5, 5.41) is 9.52. The van der Waals surface area contributed by atoms with Gasteiger partial charge in [0, 0.05) is 6.04 Å². The highest BCUT2D eigenvalue weighted by Gasteiger charge is 2.27. The molecule has 1 unspecified atom stereocenters. The first-order chi connectivity index (χ1) is 11.0. The van der Waals surface area contributed by atoms with Crippen molar-refractivity contribution in [2.24, 2.45) is 5.14 Å². The maximum atomic E-state index is 11.5. The normalized spacial score (nSPS) is 19.8. The quantitative estimate of drug-likeness (QED) is 0.876. The third kappa shape index (κ3) is 4.15. The SMILES string of the molecule is NS(=O)(=O)CC1CCCCN1Cc1ncnn1-c1ccccc1. The second-order valence-electron chi connectivity index (χ2n) is 5.87. The zero-order chi connectivity index (χ0) is 16.3. The van der Waals surface area contributed by atoms with Crippen molar-refractivity contribution in [3.63, 3.8) is 0 Å². The highest BCUT2D eigenvalue weighted by Crippen LogP contribution is 2.20. The molecule has 0 aliphatic carbocycles. The minimum absolute atomic E-state index is 0.00747. The Hall–Kier alpha value is -1.77. The molecule has 124 valence electrons. The number of benzene rings is 1. The van der Waals surface area contributed by atoms with Crippen molar-refractivity contribution in [1.29, 1.82) is 0 Å². The van der Waals surface area contributed by atoms with Crippen LogP contribution in [0, 0.1) is 0 Å². The molecule has 0 bridgehead atoms. The van der Waals surface area contributed by atoms with E-state index in [-0.39, 0.29) is 11.8 Å². The third-order valence-electron chi connectivity index (χ3n) is 4.14. The number of primary sulfonamides is 1. The fourth-order valence-corrected chi connectivity index (χ4v) is 3.98. The van der Waals surface area contributed by atoms with E-state index in [0.717, 1.165) is 37.3 Å². The second-order valence-corrected chi connectivity index (χ2v) is 7.53. The number of aromatic nitrogens is 3. The van der Waals surface area contributed by atoms with E-state index in [1.807, 2.05) is 30.3 Å². The number of hydrogen-bond donors (Lipinski definition) is 1. The molecule has 3 rings (SSSR count). The average molecular weight is 335 g/mol. The molecule has 2 aromatic rings. The first-order valence-electron chi connectivity index (χ1n) is 7.72. The lowest BCUT2D eigenvalue weighted by molar-refractivity contribution is 0.149. The Morgan fingerprint density at radius 1 is 1.22 bits per heavy atom. The van der Waals surface area contributed by atoms with Gasteiger partial charge in [-0.15, -0.1) is 0 Å². The maximum Gasteiger partial charge on any atom is 0.210 e. The van der Waals surface area contributed by atoms with E-state index in [2.05, 4.69) is 15.0 Å². The summed E-state index contributed by atoms with van der Waals surface area (Å²) in [4.78, 5) is 6.50. The average Bonchev–Trinajstić information content (AvgIpc) is 2.97. The van der Waals surface area contributed by atoms with Crippen molar-refractivity contribution in [3.8, 4) is 5.69 Å². The zero-order valence-electron chi connectivity index (χ0n) is 12.9. The Balaban J connectivity index is 1.79. The lowest BCUT2D eigenvalue weighted by Gasteiger charge is -2.34. The molecular formula is C15H21N5O2S. The number of rotatable bonds is 5. The lowest BCUT2D eigenvalue weighted by Crippen LogP contribution is -2.44. The Morgan fingerprint density at radius 3 is 2.74 bits per heavy atom. The van der Waals surface area contributed by atoms with Gasteiger partial charge in [0.15, 0.2) is 0 Å². The predicted molar refractivity (Wildman–Crippen MR) is 87.4 cm³/mol. The number of hydrogen-bond acceptors (Lipinski definition) is 5. The molecule has 1 atom stereocenters. The molecule has 0 radical (unpaired) electrons. The van der Waals surface area contributed by atoms with Gasteiger partial charge in [-0.2, -0.15) is 5.10 Å². The van der Waals surface area contributed by atoms with E-state index in [9.17, 15) is 8.42 Å². The van der Waals surface area contributed by atoms with Crippen LogP contribution in [-0.2, 0) is 16.6 Å². The summed E-state index contributed by atoms with van der Waals surface area (Å²) in [5.74, 6) is 0.796. The topological polar surface area (TPSA) is 94.1 Å².